The van der Waals surface area contributed by atoms with Gasteiger partial charge in [-0.2, -0.15) is 4.98 Å². The van der Waals surface area contributed by atoms with E-state index in [9.17, 15) is 24.0 Å². The van der Waals surface area contributed by atoms with Gasteiger partial charge < -0.3 is 14.7 Å². The molecule has 12 nitrogen and oxygen atoms in total. The van der Waals surface area contributed by atoms with Crippen LogP contribution < -0.4 is 10.6 Å². The number of carbonyl (C=O) groups excluding carboxylic acids is 5. The molecule has 2 aliphatic rings. The molecule has 0 spiro atoms. The van der Waals surface area contributed by atoms with Crippen molar-refractivity contribution in [3.8, 4) is 11.4 Å². The van der Waals surface area contributed by atoms with Gasteiger partial charge in [-0.1, -0.05) is 17.3 Å². The molecule has 5 amide bonds. The van der Waals surface area contributed by atoms with Crippen LogP contribution in [0.3, 0.4) is 0 Å². The van der Waals surface area contributed by atoms with E-state index in [0.717, 1.165) is 11.0 Å². The highest BCUT2D eigenvalue weighted by molar-refractivity contribution is 6.18. The van der Waals surface area contributed by atoms with Gasteiger partial charge in [0.1, 0.15) is 11.7 Å². The van der Waals surface area contributed by atoms with E-state index < -0.39 is 29.7 Å². The third kappa shape index (κ3) is 4.22. The van der Waals surface area contributed by atoms with Crippen LogP contribution in [0.25, 0.3) is 11.4 Å². The highest BCUT2D eigenvalue weighted by Crippen LogP contribution is 2.24. The number of nitrogens with zero attached hydrogens (tertiary/aromatic N) is 4. The van der Waals surface area contributed by atoms with Gasteiger partial charge >= 0.3 is 0 Å². The summed E-state index contributed by atoms with van der Waals surface area (Å²) >= 11 is 0. The molecule has 0 saturated carbocycles. The smallest absolute Gasteiger partial charge is 0.277 e. The topological polar surface area (TPSA) is 155 Å². The fourth-order valence-electron chi connectivity index (χ4n) is 3.64. The Kier molecular flexibility index (Phi) is 5.73. The van der Waals surface area contributed by atoms with E-state index in [1.807, 2.05) is 0 Å². The Morgan fingerprint density at radius 2 is 2.09 bits per heavy atom. The Hall–Kier alpha value is -4.35. The molecule has 1 unspecified atom stereocenters. The zero-order valence-corrected chi connectivity index (χ0v) is 17.8. The first-order valence-corrected chi connectivity index (χ1v) is 10.1. The molecule has 2 N–H and O–H groups in total. The van der Waals surface area contributed by atoms with Gasteiger partial charge in [-0.3, -0.25) is 34.2 Å². The van der Waals surface area contributed by atoms with E-state index >= 15 is 0 Å². The van der Waals surface area contributed by atoms with E-state index in [-0.39, 0.29) is 42.7 Å². The van der Waals surface area contributed by atoms with Crippen molar-refractivity contribution in [1.82, 2.24) is 30.6 Å². The van der Waals surface area contributed by atoms with Crippen LogP contribution in [0.2, 0.25) is 0 Å². The van der Waals surface area contributed by atoms with Gasteiger partial charge in [0.05, 0.1) is 6.54 Å². The zero-order valence-electron chi connectivity index (χ0n) is 17.8. The molecular formula is C21H20N6O6. The molecule has 170 valence electrons. The van der Waals surface area contributed by atoms with E-state index in [2.05, 4.69) is 20.8 Å². The number of amides is 5. The third-order valence-electron chi connectivity index (χ3n) is 5.32. The highest BCUT2D eigenvalue weighted by Gasteiger charge is 2.43. The summed E-state index contributed by atoms with van der Waals surface area (Å²) < 4.78 is 5.27. The number of likely N-dealkylation sites (N-methyl/N-ethyl adjacent to an activating group) is 1. The van der Waals surface area contributed by atoms with Crippen LogP contribution in [0.4, 0.5) is 0 Å². The summed E-state index contributed by atoms with van der Waals surface area (Å²) in [5.41, 5.74) is 1.07. The molecule has 1 saturated heterocycles. The standard InChI is InChI=1S/C21H20N6O6/c1-22-19(30)12-5-3-4-11(8-12)18-24-16(33-25-18)10-26(2)14-9-17(29)27(21(14)32)13-6-7-15(28)23-20(13)31/h3-5,8-9,13H,6-7,10H2,1-2H3,(H,22,30)(H,23,28,31). The number of piperidine rings is 1. The average Bonchev–Trinajstić information content (AvgIpc) is 3.38. The minimum absolute atomic E-state index is 0.0240. The lowest BCUT2D eigenvalue weighted by atomic mass is 10.0. The van der Waals surface area contributed by atoms with Crippen LogP contribution in [0.1, 0.15) is 29.1 Å². The summed E-state index contributed by atoms with van der Waals surface area (Å²) in [6.45, 7) is 0.0240. The molecule has 2 aliphatic heterocycles. The minimum atomic E-state index is -1.03. The fraction of sp³-hybridized carbons (Fsp3) is 0.286. The molecule has 1 atom stereocenters. The van der Waals surface area contributed by atoms with Crippen molar-refractivity contribution in [2.75, 3.05) is 14.1 Å². The van der Waals surface area contributed by atoms with E-state index in [4.69, 9.17) is 4.52 Å². The van der Waals surface area contributed by atoms with Crippen molar-refractivity contribution < 1.29 is 28.5 Å². The lowest BCUT2D eigenvalue weighted by Crippen LogP contribution is -2.54. The van der Waals surface area contributed by atoms with Crippen LogP contribution in [0, 0.1) is 0 Å². The number of hydrogen-bond donors (Lipinski definition) is 2. The fourth-order valence-corrected chi connectivity index (χ4v) is 3.64. The van der Waals surface area contributed by atoms with Crippen molar-refractivity contribution in [1.29, 1.82) is 0 Å². The molecule has 33 heavy (non-hydrogen) atoms. The minimum Gasteiger partial charge on any atom is -0.361 e. The average molecular weight is 452 g/mol. The Morgan fingerprint density at radius 1 is 1.30 bits per heavy atom. The van der Waals surface area contributed by atoms with Crippen LogP contribution in [0.5, 0.6) is 0 Å². The molecule has 2 aromatic rings. The first-order valence-electron chi connectivity index (χ1n) is 10.1. The molecular weight excluding hydrogens is 432 g/mol. The van der Waals surface area contributed by atoms with Crippen molar-refractivity contribution in [3.63, 3.8) is 0 Å². The maximum absolute atomic E-state index is 12.9. The molecule has 1 aromatic heterocycles. The number of carbonyl (C=O) groups is 5. The van der Waals surface area contributed by atoms with Gasteiger partial charge in [0.2, 0.25) is 23.5 Å². The number of benzene rings is 1. The number of imide groups is 2. The van der Waals surface area contributed by atoms with Gasteiger partial charge in [-0.25, -0.2) is 0 Å². The predicted molar refractivity (Wildman–Crippen MR) is 111 cm³/mol. The van der Waals surface area contributed by atoms with Crippen molar-refractivity contribution >= 4 is 29.5 Å². The number of rotatable bonds is 6. The number of hydrogen-bond acceptors (Lipinski definition) is 9. The van der Waals surface area contributed by atoms with E-state index in [1.165, 1.54) is 11.9 Å². The monoisotopic (exact) mass is 452 g/mol. The van der Waals surface area contributed by atoms with Gasteiger partial charge in [-0.05, 0) is 18.6 Å². The molecule has 0 bridgehead atoms. The van der Waals surface area contributed by atoms with Crippen molar-refractivity contribution in [3.05, 3.63) is 47.5 Å². The van der Waals surface area contributed by atoms with Gasteiger partial charge in [0, 0.05) is 37.7 Å². The van der Waals surface area contributed by atoms with Crippen LogP contribution >= 0.6 is 0 Å². The second kappa shape index (κ2) is 8.65. The lowest BCUT2D eigenvalue weighted by molar-refractivity contribution is -0.150. The van der Waals surface area contributed by atoms with Crippen molar-refractivity contribution in [2.24, 2.45) is 0 Å². The Labute approximate surface area is 187 Å². The molecule has 0 aliphatic carbocycles. The lowest BCUT2D eigenvalue weighted by Gasteiger charge is -2.29. The Balaban J connectivity index is 1.46. The SMILES string of the molecule is CNC(=O)c1cccc(-c2noc(CN(C)C3=CC(=O)N(C4CCC(=O)NC4=O)C3=O)n2)c1. The maximum atomic E-state index is 12.9. The van der Waals surface area contributed by atoms with Gasteiger partial charge in [0.15, 0.2) is 0 Å². The first-order chi connectivity index (χ1) is 15.8. The summed E-state index contributed by atoms with van der Waals surface area (Å²) in [4.78, 5) is 67.2. The second-order valence-electron chi connectivity index (χ2n) is 7.54. The predicted octanol–water partition coefficient (Wildman–Crippen LogP) is -0.414. The van der Waals surface area contributed by atoms with Crippen LogP contribution in [-0.2, 0) is 25.7 Å². The first kappa shape index (κ1) is 21.9. The molecule has 1 aromatic carbocycles. The quantitative estimate of drug-likeness (QED) is 0.556. The van der Waals surface area contributed by atoms with Crippen LogP contribution in [-0.4, -0.2) is 69.6 Å². The summed E-state index contributed by atoms with van der Waals surface area (Å²) in [6.07, 6.45) is 1.26. The third-order valence-corrected chi connectivity index (χ3v) is 5.32. The normalized spacial score (nSPS) is 18.3. The summed E-state index contributed by atoms with van der Waals surface area (Å²) in [5, 5.41) is 8.61. The number of aromatic nitrogens is 2. The second-order valence-corrected chi connectivity index (χ2v) is 7.54. The van der Waals surface area contributed by atoms with Crippen LogP contribution in [0.15, 0.2) is 40.6 Å². The maximum Gasteiger partial charge on any atom is 0.277 e. The molecule has 3 heterocycles. The number of nitrogens with one attached hydrogen (secondary N) is 2. The molecule has 4 rings (SSSR count). The van der Waals surface area contributed by atoms with E-state index in [1.54, 1.807) is 31.3 Å². The van der Waals surface area contributed by atoms with Gasteiger partial charge in [-0.15, -0.1) is 0 Å². The zero-order chi connectivity index (χ0) is 23.7. The largest absolute Gasteiger partial charge is 0.361 e. The molecule has 12 heteroatoms. The molecule has 1 fully saturated rings. The summed E-state index contributed by atoms with van der Waals surface area (Å²) in [6, 6.07) is 5.66. The van der Waals surface area contributed by atoms with Gasteiger partial charge in [0.25, 0.3) is 17.7 Å². The highest BCUT2D eigenvalue weighted by atomic mass is 16.5. The Bertz CT molecular complexity index is 1200. The van der Waals surface area contributed by atoms with Crippen molar-refractivity contribution in [2.45, 2.75) is 25.4 Å². The Morgan fingerprint density at radius 3 is 2.82 bits per heavy atom. The molecule has 0 radical (unpaired) electrons. The summed E-state index contributed by atoms with van der Waals surface area (Å²) in [5.74, 6) is -2.20. The van der Waals surface area contributed by atoms with E-state index in [0.29, 0.717) is 11.1 Å². The summed E-state index contributed by atoms with van der Waals surface area (Å²) in [7, 11) is 3.10.